The van der Waals surface area contributed by atoms with E-state index in [4.69, 9.17) is 10.2 Å². The first kappa shape index (κ1) is 9.76. The van der Waals surface area contributed by atoms with Crippen molar-refractivity contribution in [3.05, 3.63) is 35.2 Å². The minimum atomic E-state index is -3.58. The molecule has 1 aromatic carbocycles. The van der Waals surface area contributed by atoms with Gasteiger partial charge >= 0.3 is 0 Å². The molecule has 13 heavy (non-hydrogen) atoms. The molecule has 0 aliphatic carbocycles. The van der Waals surface area contributed by atoms with Crippen molar-refractivity contribution >= 4 is 16.1 Å². The van der Waals surface area contributed by atoms with Crippen LogP contribution < -0.4 is 5.14 Å². The van der Waals surface area contributed by atoms with Gasteiger partial charge in [0.05, 0.1) is 0 Å². The average molecular weight is 199 g/mol. The molecule has 1 aromatic rings. The van der Waals surface area contributed by atoms with Crippen LogP contribution in [0, 0.1) is 0 Å². The van der Waals surface area contributed by atoms with E-state index >= 15 is 0 Å². The van der Waals surface area contributed by atoms with Crippen LogP contribution in [0.5, 0.6) is 5.75 Å². The van der Waals surface area contributed by atoms with Crippen LogP contribution in [0.4, 0.5) is 0 Å². The predicted octanol–water partition coefficient (Wildman–Crippen LogP) is 0.651. The molecular formula is C8H9NO3S. The highest BCUT2D eigenvalue weighted by molar-refractivity contribution is 7.92. The second-order valence-electron chi connectivity index (χ2n) is 2.48. The molecular weight excluding hydrogens is 190 g/mol. The number of rotatable bonds is 2. The standard InChI is InChI=1S/C8H9NO3S/c9-13(11,12)6-5-7-1-3-8(10)4-2-7/h1-6,10H,(H2,9,11,12)/b6-5+. The number of nitrogens with two attached hydrogens (primary N) is 1. The summed E-state index contributed by atoms with van der Waals surface area (Å²) in [6.45, 7) is 0. The normalized spacial score (nSPS) is 12.1. The van der Waals surface area contributed by atoms with Crippen LogP contribution in [0.2, 0.25) is 0 Å². The van der Waals surface area contributed by atoms with Gasteiger partial charge in [0, 0.05) is 5.41 Å². The first-order valence-corrected chi connectivity index (χ1v) is 5.08. The number of sulfonamides is 1. The van der Waals surface area contributed by atoms with Gasteiger partial charge in [-0.2, -0.15) is 0 Å². The van der Waals surface area contributed by atoms with Crippen molar-refractivity contribution in [3.63, 3.8) is 0 Å². The first-order valence-electron chi connectivity index (χ1n) is 3.47. The molecule has 0 heterocycles. The van der Waals surface area contributed by atoms with Crippen molar-refractivity contribution in [1.82, 2.24) is 0 Å². The maximum Gasteiger partial charge on any atom is 0.231 e. The van der Waals surface area contributed by atoms with Gasteiger partial charge in [0.2, 0.25) is 10.0 Å². The second kappa shape index (κ2) is 3.59. The first-order chi connectivity index (χ1) is 5.97. The monoisotopic (exact) mass is 199 g/mol. The molecule has 0 fully saturated rings. The molecule has 0 saturated heterocycles. The van der Waals surface area contributed by atoms with E-state index in [0.29, 0.717) is 5.56 Å². The molecule has 0 aromatic heterocycles. The van der Waals surface area contributed by atoms with Crippen molar-refractivity contribution in [1.29, 1.82) is 0 Å². The fraction of sp³-hybridized carbons (Fsp3) is 0. The Morgan fingerprint density at radius 3 is 2.23 bits per heavy atom. The zero-order valence-electron chi connectivity index (χ0n) is 6.71. The fourth-order valence-corrected chi connectivity index (χ4v) is 1.11. The summed E-state index contributed by atoms with van der Waals surface area (Å²) in [5, 5.41) is 14.6. The van der Waals surface area contributed by atoms with Crippen LogP contribution in [0.25, 0.3) is 6.08 Å². The van der Waals surface area contributed by atoms with E-state index in [1.165, 1.54) is 18.2 Å². The molecule has 0 radical (unpaired) electrons. The number of aromatic hydroxyl groups is 1. The Bertz CT molecular complexity index is 406. The van der Waals surface area contributed by atoms with Gasteiger partial charge in [-0.1, -0.05) is 12.1 Å². The van der Waals surface area contributed by atoms with E-state index in [9.17, 15) is 8.42 Å². The number of benzene rings is 1. The third-order valence-corrected chi connectivity index (χ3v) is 1.86. The lowest BCUT2D eigenvalue weighted by Crippen LogP contribution is -2.06. The van der Waals surface area contributed by atoms with E-state index in [1.807, 2.05) is 0 Å². The molecule has 1 rings (SSSR count). The largest absolute Gasteiger partial charge is 0.508 e. The Morgan fingerprint density at radius 2 is 1.77 bits per heavy atom. The molecule has 5 heteroatoms. The van der Waals surface area contributed by atoms with Gasteiger partial charge in [0.25, 0.3) is 0 Å². The number of phenols is 1. The zero-order chi connectivity index (χ0) is 9.90. The average Bonchev–Trinajstić information content (AvgIpc) is 2.02. The number of hydrogen-bond acceptors (Lipinski definition) is 3. The van der Waals surface area contributed by atoms with Gasteiger partial charge in [-0.3, -0.25) is 0 Å². The van der Waals surface area contributed by atoms with Gasteiger partial charge < -0.3 is 5.11 Å². The zero-order valence-corrected chi connectivity index (χ0v) is 7.53. The summed E-state index contributed by atoms with van der Waals surface area (Å²) in [5.41, 5.74) is 0.659. The Morgan fingerprint density at radius 1 is 1.23 bits per heavy atom. The van der Waals surface area contributed by atoms with Gasteiger partial charge in [0.15, 0.2) is 0 Å². The van der Waals surface area contributed by atoms with Crippen LogP contribution in [0.3, 0.4) is 0 Å². The summed E-state index contributed by atoms with van der Waals surface area (Å²) in [6.07, 6.45) is 1.36. The van der Waals surface area contributed by atoms with Gasteiger partial charge in [0.1, 0.15) is 5.75 Å². The van der Waals surface area contributed by atoms with Gasteiger partial charge in [-0.05, 0) is 23.8 Å². The minimum Gasteiger partial charge on any atom is -0.508 e. The second-order valence-corrected chi connectivity index (χ2v) is 3.93. The highest BCUT2D eigenvalue weighted by Crippen LogP contribution is 2.10. The lowest BCUT2D eigenvalue weighted by molar-refractivity contribution is 0.475. The number of hydrogen-bond donors (Lipinski definition) is 2. The van der Waals surface area contributed by atoms with Crippen LogP contribution >= 0.6 is 0 Å². The van der Waals surface area contributed by atoms with Crippen molar-refractivity contribution < 1.29 is 13.5 Å². The summed E-state index contributed by atoms with van der Waals surface area (Å²) < 4.78 is 21.0. The molecule has 0 unspecified atom stereocenters. The highest BCUT2D eigenvalue weighted by atomic mass is 32.2. The van der Waals surface area contributed by atoms with Crippen LogP contribution in [-0.4, -0.2) is 13.5 Å². The van der Waals surface area contributed by atoms with E-state index < -0.39 is 10.0 Å². The quantitative estimate of drug-likeness (QED) is 0.733. The van der Waals surface area contributed by atoms with E-state index in [2.05, 4.69) is 0 Å². The summed E-state index contributed by atoms with van der Waals surface area (Å²) in [4.78, 5) is 0. The van der Waals surface area contributed by atoms with Crippen LogP contribution in [0.1, 0.15) is 5.56 Å². The summed E-state index contributed by atoms with van der Waals surface area (Å²) in [7, 11) is -3.58. The molecule has 0 spiro atoms. The van der Waals surface area contributed by atoms with Crippen molar-refractivity contribution in [2.75, 3.05) is 0 Å². The summed E-state index contributed by atoms with van der Waals surface area (Å²) >= 11 is 0. The highest BCUT2D eigenvalue weighted by Gasteiger charge is 1.93. The number of phenolic OH excluding ortho intramolecular Hbond substituents is 1. The Hall–Kier alpha value is -1.33. The number of primary sulfonamides is 1. The molecule has 4 nitrogen and oxygen atoms in total. The van der Waals surface area contributed by atoms with Gasteiger partial charge in [-0.15, -0.1) is 0 Å². The SMILES string of the molecule is NS(=O)(=O)/C=C/c1ccc(O)cc1. The fourth-order valence-electron chi connectivity index (χ4n) is 0.759. The minimum absolute atomic E-state index is 0.132. The lowest BCUT2D eigenvalue weighted by Gasteiger charge is -1.93. The van der Waals surface area contributed by atoms with E-state index in [1.54, 1.807) is 12.1 Å². The summed E-state index contributed by atoms with van der Waals surface area (Å²) in [6, 6.07) is 6.08. The third kappa shape index (κ3) is 3.73. The summed E-state index contributed by atoms with van der Waals surface area (Å²) in [5.74, 6) is 0.132. The predicted molar refractivity (Wildman–Crippen MR) is 50.2 cm³/mol. The van der Waals surface area contributed by atoms with Crippen LogP contribution in [0.15, 0.2) is 29.7 Å². The Kier molecular flexibility index (Phi) is 2.69. The van der Waals surface area contributed by atoms with Crippen molar-refractivity contribution in [2.24, 2.45) is 5.14 Å². The Balaban J connectivity index is 2.88. The van der Waals surface area contributed by atoms with Crippen LogP contribution in [-0.2, 0) is 10.0 Å². The van der Waals surface area contributed by atoms with Crippen molar-refractivity contribution in [2.45, 2.75) is 0 Å². The topological polar surface area (TPSA) is 80.4 Å². The Labute approximate surface area is 76.4 Å². The smallest absolute Gasteiger partial charge is 0.231 e. The lowest BCUT2D eigenvalue weighted by atomic mass is 10.2. The molecule has 0 aliphatic heterocycles. The molecule has 0 amide bonds. The van der Waals surface area contributed by atoms with E-state index in [0.717, 1.165) is 5.41 Å². The van der Waals surface area contributed by atoms with E-state index in [-0.39, 0.29) is 5.75 Å². The molecule has 0 atom stereocenters. The molecule has 0 saturated carbocycles. The molecule has 3 N–H and O–H groups in total. The van der Waals surface area contributed by atoms with Crippen molar-refractivity contribution in [3.8, 4) is 5.75 Å². The van der Waals surface area contributed by atoms with Gasteiger partial charge in [-0.25, -0.2) is 13.6 Å². The molecule has 0 aliphatic rings. The third-order valence-electron chi connectivity index (χ3n) is 1.34. The maximum atomic E-state index is 10.5. The maximum absolute atomic E-state index is 10.5. The molecule has 0 bridgehead atoms. The molecule has 70 valence electrons.